The van der Waals surface area contributed by atoms with Crippen LogP contribution in [0.25, 0.3) is 0 Å². The number of rotatable bonds is 9. The lowest BCUT2D eigenvalue weighted by molar-refractivity contribution is -0.132. The van der Waals surface area contributed by atoms with E-state index in [1.165, 1.54) is 0 Å². The molecule has 0 spiro atoms. The van der Waals surface area contributed by atoms with Gasteiger partial charge in [0.2, 0.25) is 29.5 Å². The number of benzene rings is 1. The van der Waals surface area contributed by atoms with Crippen LogP contribution in [0.3, 0.4) is 0 Å². The van der Waals surface area contributed by atoms with Crippen molar-refractivity contribution in [2.24, 2.45) is 27.9 Å². The van der Waals surface area contributed by atoms with Crippen LogP contribution in [0.5, 0.6) is 0 Å². The van der Waals surface area contributed by atoms with Gasteiger partial charge in [0, 0.05) is 26.1 Å². The van der Waals surface area contributed by atoms with Gasteiger partial charge in [0.05, 0.1) is 6.42 Å². The number of amides is 5. The topological polar surface area (TPSA) is 262 Å². The van der Waals surface area contributed by atoms with Crippen molar-refractivity contribution in [3.63, 3.8) is 0 Å². The molecule has 0 fully saturated rings. The minimum absolute atomic E-state index is 0.0590. The Labute approximate surface area is 277 Å². The zero-order chi connectivity index (χ0) is 34.4. The molecule has 2 aliphatic heterocycles. The number of unbranched alkanes of at least 4 members (excludes halogenated alkanes) is 2. The fourth-order valence-electron chi connectivity index (χ4n) is 5.10. The van der Waals surface area contributed by atoms with E-state index >= 15 is 0 Å². The SMILES string of the molecule is NCCCC[C@@H]1NC(=O)Cc2ccc(cc2)CNC(=O)CCCNC(=O)[C@H](N=C(N)N)CCCCNC(=O)[C@H](CCCCN)NC1=O. The van der Waals surface area contributed by atoms with Gasteiger partial charge in [-0.05, 0) is 88.4 Å². The van der Waals surface area contributed by atoms with Crippen molar-refractivity contribution in [3.05, 3.63) is 35.4 Å². The van der Waals surface area contributed by atoms with Gasteiger partial charge in [-0.15, -0.1) is 0 Å². The summed E-state index contributed by atoms with van der Waals surface area (Å²) in [5.74, 6) is -1.82. The zero-order valence-corrected chi connectivity index (χ0v) is 27.4. The first-order valence-electron chi connectivity index (χ1n) is 16.6. The van der Waals surface area contributed by atoms with Gasteiger partial charge < -0.3 is 49.5 Å². The van der Waals surface area contributed by atoms with Crippen molar-refractivity contribution in [1.82, 2.24) is 26.6 Å². The molecule has 47 heavy (non-hydrogen) atoms. The maximum atomic E-state index is 13.4. The van der Waals surface area contributed by atoms with Gasteiger partial charge in [-0.1, -0.05) is 24.3 Å². The molecule has 0 saturated carbocycles. The molecule has 3 atom stereocenters. The molecular formula is C32H54N10O5. The summed E-state index contributed by atoms with van der Waals surface area (Å²) < 4.78 is 0. The molecule has 0 aliphatic carbocycles. The average molecular weight is 659 g/mol. The molecule has 2 bridgehead atoms. The van der Waals surface area contributed by atoms with Crippen LogP contribution in [-0.4, -0.2) is 79.8 Å². The second kappa shape index (κ2) is 22.3. The second-order valence-electron chi connectivity index (χ2n) is 11.8. The maximum absolute atomic E-state index is 13.4. The van der Waals surface area contributed by atoms with Crippen molar-refractivity contribution in [2.45, 2.75) is 102 Å². The molecule has 0 aromatic heterocycles. The minimum Gasteiger partial charge on any atom is -0.370 e. The van der Waals surface area contributed by atoms with Crippen LogP contribution in [-0.2, 0) is 36.9 Å². The number of nitrogens with one attached hydrogen (secondary N) is 5. The Bertz CT molecular complexity index is 1170. The first-order chi connectivity index (χ1) is 22.6. The summed E-state index contributed by atoms with van der Waals surface area (Å²) >= 11 is 0. The van der Waals surface area contributed by atoms with Crippen molar-refractivity contribution >= 4 is 35.5 Å². The number of hydrogen-bond acceptors (Lipinski definition) is 8. The molecule has 1 aromatic carbocycles. The highest BCUT2D eigenvalue weighted by Gasteiger charge is 2.26. The van der Waals surface area contributed by atoms with Crippen molar-refractivity contribution in [1.29, 1.82) is 0 Å². The van der Waals surface area contributed by atoms with Crippen LogP contribution in [0.1, 0.15) is 81.8 Å². The molecule has 262 valence electrons. The van der Waals surface area contributed by atoms with Gasteiger partial charge in [0.1, 0.15) is 18.1 Å². The van der Waals surface area contributed by atoms with Gasteiger partial charge in [-0.2, -0.15) is 0 Å². The normalized spacial score (nSPS) is 21.5. The Morgan fingerprint density at radius 1 is 0.681 bits per heavy atom. The number of fused-ring (bicyclic) bond motifs is 23. The van der Waals surface area contributed by atoms with Crippen LogP contribution in [0, 0.1) is 0 Å². The van der Waals surface area contributed by atoms with E-state index in [0.29, 0.717) is 90.4 Å². The Morgan fingerprint density at radius 2 is 1.28 bits per heavy atom. The number of aliphatic imine (C=N–C) groups is 1. The summed E-state index contributed by atoms with van der Waals surface area (Å²) in [6, 6.07) is 4.80. The second-order valence-corrected chi connectivity index (χ2v) is 11.8. The van der Waals surface area contributed by atoms with E-state index in [-0.39, 0.29) is 49.0 Å². The summed E-state index contributed by atoms with van der Waals surface area (Å²) in [6.45, 7) is 1.81. The van der Waals surface area contributed by atoms with Gasteiger partial charge in [0.25, 0.3) is 0 Å². The Morgan fingerprint density at radius 3 is 1.91 bits per heavy atom. The number of hydrogen-bond donors (Lipinski definition) is 9. The van der Waals surface area contributed by atoms with Crippen molar-refractivity contribution in [3.8, 4) is 0 Å². The Hall–Kier alpha value is -4.24. The monoisotopic (exact) mass is 658 g/mol. The minimum atomic E-state index is -0.842. The molecule has 15 heteroatoms. The first kappa shape index (κ1) is 38.9. The molecule has 15 nitrogen and oxygen atoms in total. The van der Waals surface area contributed by atoms with Crippen LogP contribution in [0.2, 0.25) is 0 Å². The lowest BCUT2D eigenvalue weighted by Gasteiger charge is -2.23. The molecule has 2 aliphatic rings. The van der Waals surface area contributed by atoms with Crippen LogP contribution >= 0.6 is 0 Å². The Balaban J connectivity index is 2.22. The molecule has 0 radical (unpaired) electrons. The lowest BCUT2D eigenvalue weighted by atomic mass is 10.0. The van der Waals surface area contributed by atoms with Gasteiger partial charge in [0.15, 0.2) is 5.96 Å². The predicted molar refractivity (Wildman–Crippen MR) is 180 cm³/mol. The first-order valence-corrected chi connectivity index (χ1v) is 16.6. The van der Waals surface area contributed by atoms with E-state index in [2.05, 4.69) is 31.6 Å². The fourth-order valence-corrected chi connectivity index (χ4v) is 5.10. The summed E-state index contributed by atoms with van der Waals surface area (Å²) in [4.78, 5) is 68.8. The number of carbonyl (C=O) groups excluding carboxylic acids is 5. The van der Waals surface area contributed by atoms with E-state index in [1.807, 2.05) is 12.1 Å². The lowest BCUT2D eigenvalue weighted by Crippen LogP contribution is -2.54. The number of nitrogens with zero attached hydrogens (tertiary/aromatic N) is 1. The smallest absolute Gasteiger partial charge is 0.244 e. The molecule has 5 amide bonds. The number of carbonyl (C=O) groups is 5. The molecular weight excluding hydrogens is 604 g/mol. The molecule has 3 rings (SSSR count). The summed E-state index contributed by atoms with van der Waals surface area (Å²) in [5.41, 5.74) is 24.0. The third kappa shape index (κ3) is 16.2. The molecule has 0 unspecified atom stereocenters. The third-order valence-electron chi connectivity index (χ3n) is 7.75. The maximum Gasteiger partial charge on any atom is 0.244 e. The predicted octanol–water partition coefficient (Wildman–Crippen LogP) is -1.09. The fraction of sp³-hybridized carbons (Fsp3) is 0.625. The Kier molecular flexibility index (Phi) is 18.5. The van der Waals surface area contributed by atoms with Crippen LogP contribution in [0.4, 0.5) is 0 Å². The summed E-state index contributed by atoms with van der Waals surface area (Å²) in [5, 5.41) is 14.2. The summed E-state index contributed by atoms with van der Waals surface area (Å²) in [6.07, 6.45) is 5.53. The zero-order valence-electron chi connectivity index (χ0n) is 27.4. The van der Waals surface area contributed by atoms with E-state index in [0.717, 1.165) is 11.1 Å². The highest BCUT2D eigenvalue weighted by atomic mass is 16.2. The number of nitrogens with two attached hydrogens (primary N) is 4. The van der Waals surface area contributed by atoms with E-state index < -0.39 is 24.0 Å². The van der Waals surface area contributed by atoms with E-state index in [1.54, 1.807) is 12.1 Å². The van der Waals surface area contributed by atoms with Crippen LogP contribution in [0.15, 0.2) is 29.3 Å². The standard InChI is InChI=1S/C32H54N10O5/c33-16-4-1-8-24-29(45)37-18-6-3-10-25(42-32(35)36)30(46)38-19-7-11-27(43)39-21-23-14-12-22(13-15-23)20-28(44)40-26(31(47)41-24)9-2-5-17-34/h12-15,24-26H,1-11,16-21,33-34H2,(H,37,45)(H,38,46)(H,39,43)(H,40,44)(H,41,47)(H4,35,36,42)/t24-,25+,26-/m0/s1. The highest BCUT2D eigenvalue weighted by molar-refractivity contribution is 5.92. The third-order valence-corrected chi connectivity index (χ3v) is 7.75. The average Bonchev–Trinajstić information content (AvgIpc) is 3.04. The number of guanidine groups is 1. The summed E-state index contributed by atoms with van der Waals surface area (Å²) in [7, 11) is 0. The van der Waals surface area contributed by atoms with E-state index in [9.17, 15) is 24.0 Å². The highest BCUT2D eigenvalue weighted by Crippen LogP contribution is 2.10. The molecule has 0 saturated heterocycles. The largest absolute Gasteiger partial charge is 0.370 e. The van der Waals surface area contributed by atoms with Crippen molar-refractivity contribution < 1.29 is 24.0 Å². The van der Waals surface area contributed by atoms with Gasteiger partial charge in [-0.25, -0.2) is 4.99 Å². The van der Waals surface area contributed by atoms with Gasteiger partial charge in [-0.3, -0.25) is 24.0 Å². The van der Waals surface area contributed by atoms with E-state index in [4.69, 9.17) is 22.9 Å². The van der Waals surface area contributed by atoms with Crippen molar-refractivity contribution in [2.75, 3.05) is 26.2 Å². The molecule has 13 N–H and O–H groups in total. The van der Waals surface area contributed by atoms with Gasteiger partial charge >= 0.3 is 0 Å². The van der Waals surface area contributed by atoms with Crippen LogP contribution < -0.4 is 49.5 Å². The quantitative estimate of drug-likeness (QED) is 0.0675. The molecule has 1 aromatic rings. The molecule has 2 heterocycles.